The Hall–Kier alpha value is -2.57. The fourth-order valence-corrected chi connectivity index (χ4v) is 3.01. The van der Waals surface area contributed by atoms with Crippen LogP contribution in [0.3, 0.4) is 0 Å². The normalized spacial score (nSPS) is 15.7. The van der Waals surface area contributed by atoms with E-state index < -0.39 is 0 Å². The minimum atomic E-state index is -0.213. The van der Waals surface area contributed by atoms with Crippen LogP contribution < -0.4 is 15.4 Å². The van der Waals surface area contributed by atoms with E-state index in [2.05, 4.69) is 20.7 Å². The van der Waals surface area contributed by atoms with Gasteiger partial charge in [-0.2, -0.15) is 5.10 Å². The van der Waals surface area contributed by atoms with E-state index >= 15 is 0 Å². The molecule has 0 radical (unpaired) electrons. The second-order valence-electron chi connectivity index (χ2n) is 6.45. The highest BCUT2D eigenvalue weighted by Gasteiger charge is 2.18. The van der Waals surface area contributed by atoms with Crippen LogP contribution in [-0.2, 0) is 13.1 Å². The molecule has 0 spiro atoms. The first kappa shape index (κ1) is 17.3. The maximum Gasteiger partial charge on any atom is 0.315 e. The Morgan fingerprint density at radius 2 is 2.20 bits per heavy atom. The number of carbonyl (C=O) groups is 1. The molecule has 0 aliphatic heterocycles. The number of pyridine rings is 1. The average Bonchev–Trinajstić information content (AvgIpc) is 3.28. The molecule has 0 saturated heterocycles. The number of nitrogens with one attached hydrogen (secondary N) is 2. The van der Waals surface area contributed by atoms with E-state index in [0.29, 0.717) is 19.0 Å². The highest BCUT2D eigenvalue weighted by atomic mass is 16.5. The van der Waals surface area contributed by atoms with E-state index in [-0.39, 0.29) is 18.2 Å². The van der Waals surface area contributed by atoms with E-state index in [0.717, 1.165) is 18.4 Å². The van der Waals surface area contributed by atoms with Gasteiger partial charge < -0.3 is 15.4 Å². The lowest BCUT2D eigenvalue weighted by atomic mass is 10.2. The lowest BCUT2D eigenvalue weighted by Crippen LogP contribution is -2.42. The van der Waals surface area contributed by atoms with Gasteiger partial charge in [-0.25, -0.2) is 9.78 Å². The minimum Gasteiger partial charge on any atom is -0.474 e. The van der Waals surface area contributed by atoms with Crippen LogP contribution >= 0.6 is 0 Å². The van der Waals surface area contributed by atoms with Crippen molar-refractivity contribution in [3.63, 3.8) is 0 Å². The van der Waals surface area contributed by atoms with Gasteiger partial charge in [0.15, 0.2) is 0 Å². The molecule has 7 heteroatoms. The number of aromatic nitrogens is 3. The van der Waals surface area contributed by atoms with E-state index in [1.54, 1.807) is 17.1 Å². The number of ether oxygens (including phenoxy) is 1. The molecule has 1 unspecified atom stereocenters. The van der Waals surface area contributed by atoms with Crippen molar-refractivity contribution in [1.82, 2.24) is 25.4 Å². The maximum absolute atomic E-state index is 12.1. The van der Waals surface area contributed by atoms with Gasteiger partial charge in [0.1, 0.15) is 6.10 Å². The van der Waals surface area contributed by atoms with Crippen LogP contribution in [0.5, 0.6) is 5.88 Å². The Labute approximate surface area is 147 Å². The van der Waals surface area contributed by atoms with Gasteiger partial charge in [-0.1, -0.05) is 6.07 Å². The smallest absolute Gasteiger partial charge is 0.315 e. The lowest BCUT2D eigenvalue weighted by Gasteiger charge is -2.17. The van der Waals surface area contributed by atoms with Crippen LogP contribution in [0.2, 0.25) is 0 Å². The average molecular weight is 343 g/mol. The Kier molecular flexibility index (Phi) is 5.87. The zero-order valence-corrected chi connectivity index (χ0v) is 14.5. The summed E-state index contributed by atoms with van der Waals surface area (Å²) in [5.74, 6) is 0.624. The van der Waals surface area contributed by atoms with Gasteiger partial charge in [-0.15, -0.1) is 0 Å². The van der Waals surface area contributed by atoms with Crippen molar-refractivity contribution in [2.45, 2.75) is 57.8 Å². The van der Waals surface area contributed by atoms with Gasteiger partial charge in [0.2, 0.25) is 5.88 Å². The van der Waals surface area contributed by atoms with Crippen LogP contribution in [0, 0.1) is 0 Å². The van der Waals surface area contributed by atoms with Crippen molar-refractivity contribution in [2.24, 2.45) is 0 Å². The molecule has 1 atom stereocenters. The number of hydrogen-bond donors (Lipinski definition) is 2. The molecule has 3 rings (SSSR count). The fraction of sp³-hybridized carbons (Fsp3) is 0.500. The summed E-state index contributed by atoms with van der Waals surface area (Å²) in [6, 6.07) is 5.42. The predicted molar refractivity (Wildman–Crippen MR) is 94.2 cm³/mol. The van der Waals surface area contributed by atoms with E-state index in [4.69, 9.17) is 4.74 Å². The van der Waals surface area contributed by atoms with Crippen molar-refractivity contribution in [1.29, 1.82) is 0 Å². The highest BCUT2D eigenvalue weighted by molar-refractivity contribution is 5.74. The minimum absolute atomic E-state index is 0.0250. The fourth-order valence-electron chi connectivity index (χ4n) is 3.01. The largest absolute Gasteiger partial charge is 0.474 e. The first-order valence-electron chi connectivity index (χ1n) is 8.83. The predicted octanol–water partition coefficient (Wildman–Crippen LogP) is 2.49. The molecule has 0 bridgehead atoms. The summed E-state index contributed by atoms with van der Waals surface area (Å²) >= 11 is 0. The monoisotopic (exact) mass is 343 g/mol. The molecular weight excluding hydrogens is 318 g/mol. The van der Waals surface area contributed by atoms with E-state index in [9.17, 15) is 4.79 Å². The van der Waals surface area contributed by atoms with E-state index in [1.165, 1.54) is 12.8 Å². The molecular formula is C18H25N5O2. The third-order valence-electron chi connectivity index (χ3n) is 4.27. The Balaban J connectivity index is 1.48. The maximum atomic E-state index is 12.1. The Morgan fingerprint density at radius 1 is 1.36 bits per heavy atom. The van der Waals surface area contributed by atoms with Gasteiger partial charge in [-0.05, 0) is 44.7 Å². The molecule has 1 fully saturated rings. The molecule has 7 nitrogen and oxygen atoms in total. The van der Waals surface area contributed by atoms with Crippen molar-refractivity contribution in [3.8, 4) is 5.88 Å². The SMILES string of the molecule is CC(Cn1cccn1)NC(=O)NCc1cccnc1OC1CCCC1. The number of urea groups is 1. The molecule has 1 aliphatic carbocycles. The summed E-state index contributed by atoms with van der Waals surface area (Å²) < 4.78 is 7.79. The third kappa shape index (κ3) is 5.20. The summed E-state index contributed by atoms with van der Waals surface area (Å²) in [6.07, 6.45) is 10.1. The zero-order valence-electron chi connectivity index (χ0n) is 14.5. The first-order chi connectivity index (χ1) is 12.2. The molecule has 2 aromatic heterocycles. The van der Waals surface area contributed by atoms with Crippen LogP contribution in [0.15, 0.2) is 36.8 Å². The molecule has 1 saturated carbocycles. The Morgan fingerprint density at radius 3 is 2.96 bits per heavy atom. The Bertz CT molecular complexity index is 668. The zero-order chi connectivity index (χ0) is 17.5. The van der Waals surface area contributed by atoms with Gasteiger partial charge in [0, 0.05) is 36.7 Å². The van der Waals surface area contributed by atoms with Gasteiger partial charge >= 0.3 is 6.03 Å². The standard InChI is InChI=1S/C18H25N5O2/c1-14(13-23-11-5-10-21-23)22-18(24)20-12-15-6-4-9-19-17(15)25-16-7-2-3-8-16/h4-6,9-11,14,16H,2-3,7-8,12-13H2,1H3,(H2,20,22,24). The number of nitrogens with zero attached hydrogens (tertiary/aromatic N) is 3. The molecule has 134 valence electrons. The molecule has 2 amide bonds. The van der Waals surface area contributed by atoms with Crippen molar-refractivity contribution in [3.05, 3.63) is 42.4 Å². The summed E-state index contributed by atoms with van der Waals surface area (Å²) in [5.41, 5.74) is 0.893. The number of carbonyl (C=O) groups excluding carboxylic acids is 1. The number of rotatable bonds is 7. The first-order valence-corrected chi connectivity index (χ1v) is 8.83. The van der Waals surface area contributed by atoms with Crippen LogP contribution in [-0.4, -0.2) is 32.9 Å². The van der Waals surface area contributed by atoms with Crippen LogP contribution in [0.4, 0.5) is 4.79 Å². The summed E-state index contributed by atoms with van der Waals surface area (Å²) in [6.45, 7) is 2.96. The van der Waals surface area contributed by atoms with Crippen LogP contribution in [0.25, 0.3) is 0 Å². The number of amides is 2. The molecule has 25 heavy (non-hydrogen) atoms. The highest BCUT2D eigenvalue weighted by Crippen LogP contribution is 2.24. The molecule has 2 N–H and O–H groups in total. The van der Waals surface area contributed by atoms with Crippen molar-refractivity contribution >= 4 is 6.03 Å². The van der Waals surface area contributed by atoms with Gasteiger partial charge in [0.25, 0.3) is 0 Å². The second kappa shape index (κ2) is 8.50. The van der Waals surface area contributed by atoms with Gasteiger partial charge in [0.05, 0.1) is 6.54 Å². The van der Waals surface area contributed by atoms with Crippen molar-refractivity contribution < 1.29 is 9.53 Å². The second-order valence-corrected chi connectivity index (χ2v) is 6.45. The van der Waals surface area contributed by atoms with Gasteiger partial charge in [-0.3, -0.25) is 4.68 Å². The van der Waals surface area contributed by atoms with Crippen LogP contribution in [0.1, 0.15) is 38.2 Å². The summed E-state index contributed by atoms with van der Waals surface area (Å²) in [5, 5.41) is 9.92. The third-order valence-corrected chi connectivity index (χ3v) is 4.27. The molecule has 2 heterocycles. The van der Waals surface area contributed by atoms with E-state index in [1.807, 2.05) is 31.3 Å². The molecule has 1 aliphatic rings. The topological polar surface area (TPSA) is 81.1 Å². The quantitative estimate of drug-likeness (QED) is 0.809. The molecule has 2 aromatic rings. The molecule has 0 aromatic carbocycles. The van der Waals surface area contributed by atoms with Crippen molar-refractivity contribution in [2.75, 3.05) is 0 Å². The summed E-state index contributed by atoms with van der Waals surface area (Å²) in [7, 11) is 0. The number of hydrogen-bond acceptors (Lipinski definition) is 4. The summed E-state index contributed by atoms with van der Waals surface area (Å²) in [4.78, 5) is 16.4. The lowest BCUT2D eigenvalue weighted by molar-refractivity contribution is 0.198.